The summed E-state index contributed by atoms with van der Waals surface area (Å²) in [5.41, 5.74) is 2.39. The fraction of sp³-hybridized carbons (Fsp3) is 0.278. The molecule has 1 unspecified atom stereocenters. The highest BCUT2D eigenvalue weighted by Gasteiger charge is 2.18. The lowest BCUT2D eigenvalue weighted by molar-refractivity contribution is -0.116. The van der Waals surface area contributed by atoms with E-state index in [1.54, 1.807) is 19.1 Å². The maximum Gasteiger partial charge on any atom is 0.246 e. The first-order chi connectivity index (χ1) is 11.7. The Morgan fingerprint density at radius 1 is 1.04 bits per heavy atom. The van der Waals surface area contributed by atoms with E-state index in [2.05, 4.69) is 10.6 Å². The zero-order valence-electron chi connectivity index (χ0n) is 14.8. The van der Waals surface area contributed by atoms with Crippen LogP contribution in [-0.4, -0.2) is 38.8 Å². The molecule has 0 saturated carbocycles. The number of carbonyl (C=O) groups excluding carboxylic acids is 1. The fourth-order valence-electron chi connectivity index (χ4n) is 2.25. The van der Waals surface area contributed by atoms with Gasteiger partial charge in [0, 0.05) is 25.5 Å². The second kappa shape index (κ2) is 7.67. The average Bonchev–Trinajstić information content (AvgIpc) is 2.54. The quantitative estimate of drug-likeness (QED) is 0.829. The summed E-state index contributed by atoms with van der Waals surface area (Å²) in [7, 11) is -0.609. The Balaban J connectivity index is 2.10. The molecule has 25 heavy (non-hydrogen) atoms. The van der Waals surface area contributed by atoms with Gasteiger partial charge in [0.15, 0.2) is 0 Å². The summed E-state index contributed by atoms with van der Waals surface area (Å²) < 4.78 is 25.5. The number of nitrogens with zero attached hydrogens (tertiary/aromatic N) is 1. The van der Waals surface area contributed by atoms with Crippen molar-refractivity contribution in [3.05, 3.63) is 54.1 Å². The van der Waals surface area contributed by atoms with Gasteiger partial charge in [-0.2, -0.15) is 0 Å². The van der Waals surface area contributed by atoms with Gasteiger partial charge < -0.3 is 10.6 Å². The molecule has 0 spiro atoms. The molecule has 2 aromatic carbocycles. The van der Waals surface area contributed by atoms with E-state index in [9.17, 15) is 13.2 Å². The molecule has 1 atom stereocenters. The van der Waals surface area contributed by atoms with Crippen LogP contribution in [0.25, 0.3) is 0 Å². The summed E-state index contributed by atoms with van der Waals surface area (Å²) in [6.07, 6.45) is 0. The normalized spacial score (nSPS) is 12.7. The van der Waals surface area contributed by atoms with Crippen molar-refractivity contribution < 1.29 is 13.2 Å². The second-order valence-corrected chi connectivity index (χ2v) is 8.19. The zero-order chi connectivity index (χ0) is 18.6. The Hall–Kier alpha value is -2.38. The molecule has 0 heterocycles. The number of carbonyl (C=O) groups is 1. The Bertz CT molecular complexity index is 863. The summed E-state index contributed by atoms with van der Waals surface area (Å²) in [6, 6.07) is 13.5. The van der Waals surface area contributed by atoms with Crippen LogP contribution in [0.15, 0.2) is 53.4 Å². The second-order valence-electron chi connectivity index (χ2n) is 6.04. The van der Waals surface area contributed by atoms with E-state index in [4.69, 9.17) is 0 Å². The molecule has 2 aromatic rings. The zero-order valence-corrected chi connectivity index (χ0v) is 15.6. The average molecular weight is 361 g/mol. The van der Waals surface area contributed by atoms with E-state index in [0.29, 0.717) is 5.69 Å². The van der Waals surface area contributed by atoms with Crippen molar-refractivity contribution in [1.82, 2.24) is 4.31 Å². The molecule has 0 aliphatic heterocycles. The van der Waals surface area contributed by atoms with Crippen LogP contribution in [0.1, 0.15) is 12.5 Å². The molecule has 0 fully saturated rings. The fourth-order valence-corrected chi connectivity index (χ4v) is 3.19. The smallest absolute Gasteiger partial charge is 0.246 e. The van der Waals surface area contributed by atoms with Gasteiger partial charge in [-0.3, -0.25) is 4.79 Å². The number of rotatable bonds is 6. The highest BCUT2D eigenvalue weighted by molar-refractivity contribution is 7.89. The predicted molar refractivity (Wildman–Crippen MR) is 100 cm³/mol. The first-order valence-corrected chi connectivity index (χ1v) is 9.31. The van der Waals surface area contributed by atoms with E-state index >= 15 is 0 Å². The number of benzene rings is 2. The minimum absolute atomic E-state index is 0.134. The summed E-state index contributed by atoms with van der Waals surface area (Å²) in [5, 5.41) is 5.87. The summed E-state index contributed by atoms with van der Waals surface area (Å²) >= 11 is 0. The molecule has 0 aromatic heterocycles. The van der Waals surface area contributed by atoms with Crippen LogP contribution >= 0.6 is 0 Å². The maximum atomic E-state index is 12.4. The first-order valence-electron chi connectivity index (χ1n) is 7.87. The minimum Gasteiger partial charge on any atom is -0.374 e. The summed E-state index contributed by atoms with van der Waals surface area (Å²) in [4.78, 5) is 12.5. The van der Waals surface area contributed by atoms with Crippen molar-refractivity contribution in [2.24, 2.45) is 0 Å². The Morgan fingerprint density at radius 2 is 1.68 bits per heavy atom. The molecule has 0 aliphatic rings. The molecule has 0 radical (unpaired) electrons. The number of amides is 1. The third-order valence-electron chi connectivity index (χ3n) is 3.67. The van der Waals surface area contributed by atoms with E-state index in [1.807, 2.05) is 31.2 Å². The maximum absolute atomic E-state index is 12.4. The molecule has 0 bridgehead atoms. The van der Waals surface area contributed by atoms with Gasteiger partial charge in [0.2, 0.25) is 15.9 Å². The molecule has 2 rings (SSSR count). The Kier molecular flexibility index (Phi) is 5.81. The van der Waals surface area contributed by atoms with Crippen LogP contribution in [0.4, 0.5) is 11.4 Å². The van der Waals surface area contributed by atoms with E-state index < -0.39 is 16.1 Å². The number of nitrogens with one attached hydrogen (secondary N) is 2. The monoisotopic (exact) mass is 361 g/mol. The van der Waals surface area contributed by atoms with Crippen LogP contribution in [0, 0.1) is 6.92 Å². The first kappa shape index (κ1) is 19.0. The lowest BCUT2D eigenvalue weighted by Crippen LogP contribution is -2.32. The lowest BCUT2D eigenvalue weighted by atomic mass is 10.2. The van der Waals surface area contributed by atoms with Crippen LogP contribution < -0.4 is 10.6 Å². The van der Waals surface area contributed by atoms with Crippen molar-refractivity contribution in [2.75, 3.05) is 24.7 Å². The molecule has 134 valence electrons. The number of hydrogen-bond acceptors (Lipinski definition) is 4. The van der Waals surface area contributed by atoms with Crippen molar-refractivity contribution in [3.8, 4) is 0 Å². The number of hydrogen-bond donors (Lipinski definition) is 2. The van der Waals surface area contributed by atoms with E-state index in [-0.39, 0.29) is 10.8 Å². The topological polar surface area (TPSA) is 78.5 Å². The van der Waals surface area contributed by atoms with Gasteiger partial charge in [-0.15, -0.1) is 0 Å². The van der Waals surface area contributed by atoms with Crippen LogP contribution in [-0.2, 0) is 14.8 Å². The van der Waals surface area contributed by atoms with Gasteiger partial charge in [0.1, 0.15) is 6.04 Å². The predicted octanol–water partition coefficient (Wildman–Crippen LogP) is 2.68. The molecule has 1 amide bonds. The number of sulfonamides is 1. The molecule has 7 heteroatoms. The van der Waals surface area contributed by atoms with Gasteiger partial charge in [-0.1, -0.05) is 18.2 Å². The molecule has 0 saturated heterocycles. The minimum atomic E-state index is -3.54. The molecular formula is C18H23N3O3S. The van der Waals surface area contributed by atoms with Crippen LogP contribution in [0.3, 0.4) is 0 Å². The molecule has 0 aliphatic carbocycles. The highest BCUT2D eigenvalue weighted by atomic mass is 32.2. The van der Waals surface area contributed by atoms with E-state index in [0.717, 1.165) is 15.6 Å². The summed E-state index contributed by atoms with van der Waals surface area (Å²) in [6.45, 7) is 3.73. The van der Waals surface area contributed by atoms with Gasteiger partial charge >= 0.3 is 0 Å². The molecule has 2 N–H and O–H groups in total. The highest BCUT2D eigenvalue weighted by Crippen LogP contribution is 2.18. The number of aryl methyl sites for hydroxylation is 1. The molecular weight excluding hydrogens is 338 g/mol. The van der Waals surface area contributed by atoms with Crippen molar-refractivity contribution in [3.63, 3.8) is 0 Å². The van der Waals surface area contributed by atoms with Crippen LogP contribution in [0.5, 0.6) is 0 Å². The largest absolute Gasteiger partial charge is 0.374 e. The van der Waals surface area contributed by atoms with Gasteiger partial charge in [0.25, 0.3) is 0 Å². The third-order valence-corrected chi connectivity index (χ3v) is 5.49. The van der Waals surface area contributed by atoms with Crippen LogP contribution in [0.2, 0.25) is 0 Å². The number of anilines is 2. The van der Waals surface area contributed by atoms with Crippen molar-refractivity contribution in [1.29, 1.82) is 0 Å². The van der Waals surface area contributed by atoms with Crippen molar-refractivity contribution in [2.45, 2.75) is 24.8 Å². The third kappa shape index (κ3) is 4.80. The molecule has 6 nitrogen and oxygen atoms in total. The lowest BCUT2D eigenvalue weighted by Gasteiger charge is -2.16. The van der Waals surface area contributed by atoms with Gasteiger partial charge in [0.05, 0.1) is 4.90 Å². The van der Waals surface area contributed by atoms with Gasteiger partial charge in [-0.25, -0.2) is 12.7 Å². The SMILES string of the molecule is Cc1cccc(NC(C)C(=O)Nc2cccc(S(=O)(=O)N(C)C)c2)c1. The Morgan fingerprint density at radius 3 is 2.32 bits per heavy atom. The summed E-state index contributed by atoms with van der Waals surface area (Å²) in [5.74, 6) is -0.249. The Labute approximate surface area is 148 Å². The standard InChI is InChI=1S/C18H23N3O3S/c1-13-7-5-8-15(11-13)19-14(2)18(22)20-16-9-6-10-17(12-16)25(23,24)21(3)4/h5-12,14,19H,1-4H3,(H,20,22). The van der Waals surface area contributed by atoms with Gasteiger partial charge in [-0.05, 0) is 49.7 Å². The van der Waals surface area contributed by atoms with E-state index in [1.165, 1.54) is 26.2 Å². The van der Waals surface area contributed by atoms with Crippen molar-refractivity contribution >= 4 is 27.3 Å².